The summed E-state index contributed by atoms with van der Waals surface area (Å²) in [6, 6.07) is 0. The maximum Gasteiger partial charge on any atom is 0.329 e. The number of hydrogen-bond donors (Lipinski definition) is 0. The van der Waals surface area contributed by atoms with Crippen LogP contribution in [0.25, 0.3) is 0 Å². The molecule has 0 unspecified atom stereocenters. The van der Waals surface area contributed by atoms with Crippen LogP contribution in [0, 0.1) is 5.41 Å². The smallest absolute Gasteiger partial charge is 0.329 e. The first-order valence-electron chi connectivity index (χ1n) is 4.33. The van der Waals surface area contributed by atoms with E-state index in [0.29, 0.717) is 13.0 Å². The summed E-state index contributed by atoms with van der Waals surface area (Å²) in [5.74, 6) is -0.778. The van der Waals surface area contributed by atoms with Crippen molar-refractivity contribution in [1.82, 2.24) is 5.06 Å². The van der Waals surface area contributed by atoms with Crippen LogP contribution in [0.1, 0.15) is 13.3 Å². The molecule has 0 saturated carbocycles. The zero-order chi connectivity index (χ0) is 10.8. The van der Waals surface area contributed by atoms with Gasteiger partial charge in [0.25, 0.3) is 5.91 Å². The summed E-state index contributed by atoms with van der Waals surface area (Å²) >= 11 is 0. The highest BCUT2D eigenvalue weighted by molar-refractivity contribution is 5.88. The van der Waals surface area contributed by atoms with Crippen LogP contribution in [0.4, 0.5) is 0 Å². The van der Waals surface area contributed by atoms with Gasteiger partial charge in [-0.25, -0.2) is 0 Å². The highest BCUT2D eigenvalue weighted by Gasteiger charge is 2.43. The van der Waals surface area contributed by atoms with Gasteiger partial charge in [0.1, 0.15) is 0 Å². The van der Waals surface area contributed by atoms with E-state index in [-0.39, 0.29) is 5.91 Å². The molecule has 0 atom stereocenters. The molecule has 1 aliphatic rings. The average molecular weight is 195 g/mol. The number of rotatable bonds is 3. The fourth-order valence-electron chi connectivity index (χ4n) is 1.43. The SMILES string of the molecule is C=CC1(C=C)CCN(OC(C)=O)C1=O. The predicted octanol–water partition coefficient (Wildman–Crippen LogP) is 1.06. The summed E-state index contributed by atoms with van der Waals surface area (Å²) in [5.41, 5.74) is -0.768. The van der Waals surface area contributed by atoms with Crippen LogP contribution in [0.15, 0.2) is 25.3 Å². The second-order valence-corrected chi connectivity index (χ2v) is 3.19. The minimum atomic E-state index is -0.768. The van der Waals surface area contributed by atoms with E-state index in [9.17, 15) is 9.59 Å². The van der Waals surface area contributed by atoms with Gasteiger partial charge in [0.05, 0.1) is 12.0 Å². The Morgan fingerprint density at radius 1 is 1.57 bits per heavy atom. The van der Waals surface area contributed by atoms with Gasteiger partial charge in [-0.2, -0.15) is 5.06 Å². The maximum absolute atomic E-state index is 11.7. The van der Waals surface area contributed by atoms with Crippen LogP contribution in [-0.4, -0.2) is 23.5 Å². The van der Waals surface area contributed by atoms with E-state index in [0.717, 1.165) is 5.06 Å². The Bertz CT molecular complexity index is 288. The number of carbonyl (C=O) groups excluding carboxylic acids is 2. The molecule has 76 valence electrons. The van der Waals surface area contributed by atoms with E-state index in [1.54, 1.807) is 0 Å². The van der Waals surface area contributed by atoms with Gasteiger partial charge in [-0.05, 0) is 6.42 Å². The maximum atomic E-state index is 11.7. The van der Waals surface area contributed by atoms with Crippen LogP contribution >= 0.6 is 0 Å². The number of amides is 1. The molecule has 1 rings (SSSR count). The molecular weight excluding hydrogens is 182 g/mol. The Labute approximate surface area is 82.8 Å². The zero-order valence-electron chi connectivity index (χ0n) is 8.16. The van der Waals surface area contributed by atoms with E-state index in [1.165, 1.54) is 19.1 Å². The standard InChI is InChI=1S/C10H13NO3/c1-4-10(5-2)6-7-11(9(10)13)14-8(3)12/h4-5H,1-2,6-7H2,3H3. The second kappa shape index (κ2) is 3.65. The monoisotopic (exact) mass is 195 g/mol. The topological polar surface area (TPSA) is 46.6 Å². The lowest BCUT2D eigenvalue weighted by molar-refractivity contribution is -0.192. The van der Waals surface area contributed by atoms with E-state index in [4.69, 9.17) is 4.84 Å². The van der Waals surface area contributed by atoms with E-state index in [1.807, 2.05) is 0 Å². The van der Waals surface area contributed by atoms with Crippen LogP contribution in [0.2, 0.25) is 0 Å². The van der Waals surface area contributed by atoms with Crippen molar-refractivity contribution in [3.8, 4) is 0 Å². The van der Waals surface area contributed by atoms with Crippen molar-refractivity contribution in [2.45, 2.75) is 13.3 Å². The number of nitrogens with zero attached hydrogens (tertiary/aromatic N) is 1. The van der Waals surface area contributed by atoms with Gasteiger partial charge in [0.2, 0.25) is 0 Å². The molecule has 14 heavy (non-hydrogen) atoms. The normalized spacial score (nSPS) is 19.2. The Morgan fingerprint density at radius 2 is 2.14 bits per heavy atom. The molecular formula is C10H13NO3. The first-order valence-corrected chi connectivity index (χ1v) is 4.33. The first kappa shape index (κ1) is 10.5. The zero-order valence-corrected chi connectivity index (χ0v) is 8.16. The lowest BCUT2D eigenvalue weighted by Gasteiger charge is -2.18. The van der Waals surface area contributed by atoms with Gasteiger partial charge in [-0.3, -0.25) is 9.59 Å². The molecule has 1 amide bonds. The van der Waals surface area contributed by atoms with Crippen LogP contribution in [-0.2, 0) is 14.4 Å². The average Bonchev–Trinajstić information content (AvgIpc) is 2.45. The number of carbonyl (C=O) groups is 2. The van der Waals surface area contributed by atoms with E-state index in [2.05, 4.69) is 13.2 Å². The number of hydrogen-bond acceptors (Lipinski definition) is 3. The third-order valence-corrected chi connectivity index (χ3v) is 2.32. The Morgan fingerprint density at radius 3 is 2.50 bits per heavy atom. The molecule has 0 aromatic rings. The fraction of sp³-hybridized carbons (Fsp3) is 0.400. The molecule has 0 radical (unpaired) electrons. The van der Waals surface area contributed by atoms with Gasteiger partial charge in [0.15, 0.2) is 0 Å². The lowest BCUT2D eigenvalue weighted by atomic mass is 9.87. The van der Waals surface area contributed by atoms with E-state index >= 15 is 0 Å². The molecule has 4 nitrogen and oxygen atoms in total. The van der Waals surface area contributed by atoms with Crippen molar-refractivity contribution in [2.24, 2.45) is 5.41 Å². The molecule has 1 aliphatic heterocycles. The van der Waals surface area contributed by atoms with Crippen molar-refractivity contribution in [1.29, 1.82) is 0 Å². The summed E-state index contributed by atoms with van der Waals surface area (Å²) < 4.78 is 0. The van der Waals surface area contributed by atoms with Crippen molar-refractivity contribution in [3.05, 3.63) is 25.3 Å². The molecule has 1 heterocycles. The summed E-state index contributed by atoms with van der Waals surface area (Å²) in [6.07, 6.45) is 3.61. The van der Waals surface area contributed by atoms with Crippen molar-refractivity contribution < 1.29 is 14.4 Å². The summed E-state index contributed by atoms with van der Waals surface area (Å²) in [5, 5.41) is 1.06. The Kier molecular flexibility index (Phi) is 2.74. The summed E-state index contributed by atoms with van der Waals surface area (Å²) in [6.45, 7) is 8.83. The molecule has 1 saturated heterocycles. The molecule has 0 bridgehead atoms. The molecule has 0 spiro atoms. The predicted molar refractivity (Wildman–Crippen MR) is 50.9 cm³/mol. The van der Waals surface area contributed by atoms with Gasteiger partial charge in [-0.1, -0.05) is 12.2 Å². The molecule has 0 aromatic heterocycles. The third kappa shape index (κ3) is 1.55. The van der Waals surface area contributed by atoms with Crippen LogP contribution < -0.4 is 0 Å². The van der Waals surface area contributed by atoms with E-state index < -0.39 is 11.4 Å². The van der Waals surface area contributed by atoms with Crippen LogP contribution in [0.5, 0.6) is 0 Å². The molecule has 0 N–H and O–H groups in total. The highest BCUT2D eigenvalue weighted by atomic mass is 16.7. The lowest BCUT2D eigenvalue weighted by Crippen LogP contribution is -2.33. The molecule has 0 aliphatic carbocycles. The first-order chi connectivity index (χ1) is 6.55. The Hall–Kier alpha value is -1.58. The fourth-order valence-corrected chi connectivity index (χ4v) is 1.43. The van der Waals surface area contributed by atoms with Gasteiger partial charge in [0, 0.05) is 6.92 Å². The highest BCUT2D eigenvalue weighted by Crippen LogP contribution is 2.34. The van der Waals surface area contributed by atoms with Crippen LogP contribution in [0.3, 0.4) is 0 Å². The van der Waals surface area contributed by atoms with Crippen molar-refractivity contribution in [2.75, 3.05) is 6.54 Å². The number of hydroxylamine groups is 2. The minimum absolute atomic E-state index is 0.280. The summed E-state index contributed by atoms with van der Waals surface area (Å²) in [4.78, 5) is 27.1. The van der Waals surface area contributed by atoms with Crippen molar-refractivity contribution in [3.63, 3.8) is 0 Å². The molecule has 0 aromatic carbocycles. The Balaban J connectivity index is 2.82. The quantitative estimate of drug-likeness (QED) is 0.632. The van der Waals surface area contributed by atoms with Gasteiger partial charge >= 0.3 is 5.97 Å². The van der Waals surface area contributed by atoms with Gasteiger partial charge < -0.3 is 4.84 Å². The molecule has 1 fully saturated rings. The summed E-state index contributed by atoms with van der Waals surface area (Å²) in [7, 11) is 0. The molecule has 4 heteroatoms. The minimum Gasteiger partial charge on any atom is -0.338 e. The third-order valence-electron chi connectivity index (χ3n) is 2.32. The van der Waals surface area contributed by atoms with Gasteiger partial charge in [-0.15, -0.1) is 13.2 Å². The second-order valence-electron chi connectivity index (χ2n) is 3.19. The largest absolute Gasteiger partial charge is 0.338 e. The van der Waals surface area contributed by atoms with Crippen molar-refractivity contribution >= 4 is 11.9 Å².